The molecule has 0 saturated carbocycles. The van der Waals surface area contributed by atoms with Crippen LogP contribution in [0.2, 0.25) is 0 Å². The van der Waals surface area contributed by atoms with Gasteiger partial charge in [-0.3, -0.25) is 4.90 Å². The standard InChI is InChI=1S/C13H15BrF3NO2/c1-19-10-4-5-18(8-10)7-9-2-3-12(11(14)6-9)20-13(15,16)17/h2-3,6,10H,4-5,7-8H2,1H3/t10-/m0/s1. The first-order chi connectivity index (χ1) is 9.37. The van der Waals surface area contributed by atoms with Gasteiger partial charge in [-0.2, -0.15) is 0 Å². The van der Waals surface area contributed by atoms with Gasteiger partial charge < -0.3 is 9.47 Å². The normalized spacial score (nSPS) is 20.4. The van der Waals surface area contributed by atoms with E-state index in [1.807, 2.05) is 0 Å². The molecule has 1 aromatic carbocycles. The van der Waals surface area contributed by atoms with Gasteiger partial charge in [-0.25, -0.2) is 0 Å². The molecule has 0 radical (unpaired) electrons. The molecule has 1 atom stereocenters. The molecule has 7 heteroatoms. The third-order valence-corrected chi connectivity index (χ3v) is 3.81. The SMILES string of the molecule is CO[C@H]1CCN(Cc2ccc(OC(F)(F)F)c(Br)c2)C1. The first-order valence-corrected chi connectivity index (χ1v) is 6.96. The maximum Gasteiger partial charge on any atom is 0.573 e. The van der Waals surface area contributed by atoms with E-state index in [2.05, 4.69) is 25.6 Å². The van der Waals surface area contributed by atoms with Gasteiger partial charge in [0.1, 0.15) is 5.75 Å². The van der Waals surface area contributed by atoms with Crippen LogP contribution >= 0.6 is 15.9 Å². The predicted octanol–water partition coefficient (Wildman–Crippen LogP) is 3.57. The van der Waals surface area contributed by atoms with Crippen molar-refractivity contribution in [3.63, 3.8) is 0 Å². The monoisotopic (exact) mass is 353 g/mol. The van der Waals surface area contributed by atoms with Crippen LogP contribution < -0.4 is 4.74 Å². The third-order valence-electron chi connectivity index (χ3n) is 3.19. The van der Waals surface area contributed by atoms with Gasteiger partial charge in [0, 0.05) is 26.7 Å². The van der Waals surface area contributed by atoms with E-state index in [0.29, 0.717) is 11.0 Å². The molecule has 1 aliphatic rings. The van der Waals surface area contributed by atoms with E-state index in [0.717, 1.165) is 25.1 Å². The van der Waals surface area contributed by atoms with E-state index < -0.39 is 6.36 Å². The van der Waals surface area contributed by atoms with Crippen LogP contribution in [0.3, 0.4) is 0 Å². The van der Waals surface area contributed by atoms with Gasteiger partial charge in [-0.05, 0) is 40.0 Å². The molecule has 0 bridgehead atoms. The van der Waals surface area contributed by atoms with Crippen molar-refractivity contribution >= 4 is 15.9 Å². The fourth-order valence-electron chi connectivity index (χ4n) is 2.24. The Kier molecular flexibility index (Phi) is 4.93. The number of likely N-dealkylation sites (tertiary alicyclic amines) is 1. The van der Waals surface area contributed by atoms with Crippen LogP contribution in [0.5, 0.6) is 5.75 Å². The van der Waals surface area contributed by atoms with Gasteiger partial charge in [0.15, 0.2) is 0 Å². The average molecular weight is 354 g/mol. The van der Waals surface area contributed by atoms with Gasteiger partial charge in [-0.15, -0.1) is 13.2 Å². The molecule has 112 valence electrons. The Morgan fingerprint density at radius 2 is 2.15 bits per heavy atom. The van der Waals surface area contributed by atoms with Gasteiger partial charge in [0.2, 0.25) is 0 Å². The maximum absolute atomic E-state index is 12.2. The number of halogens is 4. The predicted molar refractivity (Wildman–Crippen MR) is 71.5 cm³/mol. The molecule has 1 fully saturated rings. The van der Waals surface area contributed by atoms with Crippen molar-refractivity contribution in [2.75, 3.05) is 20.2 Å². The molecule has 2 rings (SSSR count). The second-order valence-corrected chi connectivity index (χ2v) is 5.55. The molecule has 1 aliphatic heterocycles. The van der Waals surface area contributed by atoms with Crippen molar-refractivity contribution in [2.45, 2.75) is 25.4 Å². The highest BCUT2D eigenvalue weighted by atomic mass is 79.9. The number of methoxy groups -OCH3 is 1. The first kappa shape index (κ1) is 15.6. The van der Waals surface area contributed by atoms with E-state index in [-0.39, 0.29) is 11.9 Å². The first-order valence-electron chi connectivity index (χ1n) is 6.16. The van der Waals surface area contributed by atoms with Crippen LogP contribution in [-0.4, -0.2) is 37.6 Å². The molecule has 1 saturated heterocycles. The van der Waals surface area contributed by atoms with Crippen LogP contribution in [0, 0.1) is 0 Å². The molecule has 3 nitrogen and oxygen atoms in total. The van der Waals surface area contributed by atoms with Gasteiger partial charge in [-0.1, -0.05) is 6.07 Å². The lowest BCUT2D eigenvalue weighted by Crippen LogP contribution is -2.22. The Morgan fingerprint density at radius 3 is 2.70 bits per heavy atom. The van der Waals surface area contributed by atoms with E-state index in [9.17, 15) is 13.2 Å². The summed E-state index contributed by atoms with van der Waals surface area (Å²) in [4.78, 5) is 2.21. The molecular formula is C13H15BrF3NO2. The van der Waals surface area contributed by atoms with Gasteiger partial charge >= 0.3 is 6.36 Å². The molecule has 0 aliphatic carbocycles. The lowest BCUT2D eigenvalue weighted by atomic mass is 10.2. The molecule has 20 heavy (non-hydrogen) atoms. The average Bonchev–Trinajstić information content (AvgIpc) is 2.79. The van der Waals surface area contributed by atoms with Crippen LogP contribution in [0.1, 0.15) is 12.0 Å². The zero-order valence-electron chi connectivity index (χ0n) is 10.9. The number of ether oxygens (including phenoxy) is 2. The highest BCUT2D eigenvalue weighted by Crippen LogP contribution is 2.31. The number of benzene rings is 1. The minimum absolute atomic E-state index is 0.225. The van der Waals surface area contributed by atoms with Crippen LogP contribution in [0.15, 0.2) is 22.7 Å². The summed E-state index contributed by atoms with van der Waals surface area (Å²) in [5.74, 6) is -0.225. The van der Waals surface area contributed by atoms with Crippen LogP contribution in [0.25, 0.3) is 0 Å². The topological polar surface area (TPSA) is 21.7 Å². The van der Waals surface area contributed by atoms with Gasteiger partial charge in [0.25, 0.3) is 0 Å². The number of nitrogens with zero attached hydrogens (tertiary/aromatic N) is 1. The Bertz CT molecular complexity index is 467. The number of rotatable bonds is 4. The van der Waals surface area contributed by atoms with Crippen molar-refractivity contribution in [3.8, 4) is 5.75 Å². The molecule has 0 aromatic heterocycles. The van der Waals surface area contributed by atoms with E-state index in [4.69, 9.17) is 4.74 Å². The highest BCUT2D eigenvalue weighted by molar-refractivity contribution is 9.10. The van der Waals surface area contributed by atoms with E-state index in [1.165, 1.54) is 6.07 Å². The summed E-state index contributed by atoms with van der Waals surface area (Å²) in [5.41, 5.74) is 0.933. The summed E-state index contributed by atoms with van der Waals surface area (Å²) in [6.45, 7) is 2.45. The number of hydrogen-bond donors (Lipinski definition) is 0. The van der Waals surface area contributed by atoms with Crippen molar-refractivity contribution in [3.05, 3.63) is 28.2 Å². The minimum Gasteiger partial charge on any atom is -0.405 e. The van der Waals surface area contributed by atoms with E-state index >= 15 is 0 Å². The van der Waals surface area contributed by atoms with Crippen LogP contribution in [0.4, 0.5) is 13.2 Å². The third kappa shape index (κ3) is 4.36. The summed E-state index contributed by atoms with van der Waals surface area (Å²) in [7, 11) is 1.69. The molecule has 0 N–H and O–H groups in total. The second kappa shape index (κ2) is 6.32. The zero-order valence-corrected chi connectivity index (χ0v) is 12.5. The molecule has 1 aromatic rings. The second-order valence-electron chi connectivity index (χ2n) is 4.69. The summed E-state index contributed by atoms with van der Waals surface area (Å²) in [5, 5.41) is 0. The summed E-state index contributed by atoms with van der Waals surface area (Å²) >= 11 is 3.11. The van der Waals surface area contributed by atoms with Crippen molar-refractivity contribution < 1.29 is 22.6 Å². The Hall–Kier alpha value is -0.790. The quantitative estimate of drug-likeness (QED) is 0.825. The van der Waals surface area contributed by atoms with E-state index in [1.54, 1.807) is 19.2 Å². The van der Waals surface area contributed by atoms with Crippen molar-refractivity contribution in [1.29, 1.82) is 0 Å². The maximum atomic E-state index is 12.2. The van der Waals surface area contributed by atoms with Crippen molar-refractivity contribution in [1.82, 2.24) is 4.90 Å². The number of alkyl halides is 3. The summed E-state index contributed by atoms with van der Waals surface area (Å²) < 4.78 is 46.0. The molecule has 0 unspecified atom stereocenters. The Labute approximate surface area is 123 Å². The highest BCUT2D eigenvalue weighted by Gasteiger charge is 2.32. The molecule has 0 spiro atoms. The zero-order chi connectivity index (χ0) is 14.8. The lowest BCUT2D eigenvalue weighted by Gasteiger charge is -2.17. The fraction of sp³-hybridized carbons (Fsp3) is 0.538. The Balaban J connectivity index is 1.99. The largest absolute Gasteiger partial charge is 0.573 e. The lowest BCUT2D eigenvalue weighted by molar-refractivity contribution is -0.274. The Morgan fingerprint density at radius 1 is 1.40 bits per heavy atom. The summed E-state index contributed by atoms with van der Waals surface area (Å²) in [6.07, 6.45) is -3.45. The van der Waals surface area contributed by atoms with Crippen LogP contribution in [-0.2, 0) is 11.3 Å². The number of hydrogen-bond acceptors (Lipinski definition) is 3. The molecule has 1 heterocycles. The summed E-state index contributed by atoms with van der Waals surface area (Å²) in [6, 6.07) is 4.63. The molecular weight excluding hydrogens is 339 g/mol. The smallest absolute Gasteiger partial charge is 0.405 e. The molecule has 0 amide bonds. The van der Waals surface area contributed by atoms with Gasteiger partial charge in [0.05, 0.1) is 10.6 Å². The minimum atomic E-state index is -4.68. The van der Waals surface area contributed by atoms with Crippen molar-refractivity contribution in [2.24, 2.45) is 0 Å². The fourth-order valence-corrected chi connectivity index (χ4v) is 2.75.